The normalized spacial score (nSPS) is 6.67. The van der Waals surface area contributed by atoms with E-state index in [4.69, 9.17) is 10.2 Å². The number of amides is 1. The van der Waals surface area contributed by atoms with Crippen molar-refractivity contribution in [2.45, 2.75) is 0 Å². The van der Waals surface area contributed by atoms with E-state index in [1.54, 1.807) is 5.32 Å². The second kappa shape index (κ2) is 2.19. The van der Waals surface area contributed by atoms with E-state index >= 15 is 0 Å². The summed E-state index contributed by atoms with van der Waals surface area (Å²) >= 11 is 0. The van der Waals surface area contributed by atoms with Gasteiger partial charge in [0.05, 0.1) is 0 Å². The minimum absolute atomic E-state index is 0.384. The van der Waals surface area contributed by atoms with Crippen molar-refractivity contribution in [1.29, 1.82) is 5.41 Å². The highest BCUT2D eigenvalue weighted by Gasteiger charge is 1.75. The predicted molar refractivity (Wildman–Crippen MR) is 20.7 cm³/mol. The van der Waals surface area contributed by atoms with E-state index < -0.39 is 0 Å². The van der Waals surface area contributed by atoms with Crippen LogP contribution in [-0.4, -0.2) is 12.4 Å². The largest absolute Gasteiger partial charge is 0.370 e. The van der Waals surface area contributed by atoms with Gasteiger partial charge in [0.2, 0.25) is 0 Å². The van der Waals surface area contributed by atoms with Crippen molar-refractivity contribution < 1.29 is 4.79 Å². The fourth-order valence-corrected chi connectivity index (χ4v) is 0.0550. The van der Waals surface area contributed by atoms with Gasteiger partial charge in [0.15, 0.2) is 5.96 Å². The van der Waals surface area contributed by atoms with Crippen molar-refractivity contribution in [2.24, 2.45) is 5.73 Å². The summed E-state index contributed by atoms with van der Waals surface area (Å²) in [7, 11) is 0. The van der Waals surface area contributed by atoms with Gasteiger partial charge in [0.25, 0.3) is 0 Å². The second-order valence-corrected chi connectivity index (χ2v) is 0.641. The lowest BCUT2D eigenvalue weighted by atomic mass is 11.0. The molecular weight excluding hydrogens is 82.0 g/mol. The van der Waals surface area contributed by atoms with Crippen LogP contribution in [0.4, 0.5) is 0 Å². The van der Waals surface area contributed by atoms with Crippen LogP contribution in [0.15, 0.2) is 0 Å². The molecule has 0 aliphatic heterocycles. The summed E-state index contributed by atoms with van der Waals surface area (Å²) in [6.45, 7) is 0. The van der Waals surface area contributed by atoms with E-state index in [1.165, 1.54) is 6.41 Å². The van der Waals surface area contributed by atoms with Gasteiger partial charge in [-0.05, 0) is 0 Å². The summed E-state index contributed by atoms with van der Waals surface area (Å²) in [5.74, 6) is -0.384. The second-order valence-electron chi connectivity index (χ2n) is 0.641. The molecule has 1 amide bonds. The maximum absolute atomic E-state index is 9.16. The van der Waals surface area contributed by atoms with Gasteiger partial charge >= 0.3 is 6.41 Å². The van der Waals surface area contributed by atoms with Crippen LogP contribution >= 0.6 is 0 Å². The molecular formula is C2H4N3O. The number of carbonyl (C=O) groups excluding carboxylic acids is 1. The Kier molecular flexibility index (Phi) is 1.81. The molecule has 4 heteroatoms. The Labute approximate surface area is 34.8 Å². The Bertz CT molecular complexity index is 69.2. The van der Waals surface area contributed by atoms with E-state index in [0.717, 1.165) is 0 Å². The molecule has 33 valence electrons. The zero-order valence-corrected chi connectivity index (χ0v) is 2.99. The molecule has 4 nitrogen and oxygen atoms in total. The van der Waals surface area contributed by atoms with Gasteiger partial charge < -0.3 is 5.73 Å². The lowest BCUT2D eigenvalue weighted by Crippen LogP contribution is -2.28. The van der Waals surface area contributed by atoms with Crippen LogP contribution in [0.5, 0.6) is 0 Å². The van der Waals surface area contributed by atoms with E-state index in [9.17, 15) is 0 Å². The molecule has 0 heterocycles. The van der Waals surface area contributed by atoms with Crippen LogP contribution in [-0.2, 0) is 4.79 Å². The average molecular weight is 86.1 g/mol. The molecule has 0 saturated heterocycles. The first kappa shape index (κ1) is 4.94. The Morgan fingerprint density at radius 3 is 2.50 bits per heavy atom. The number of hydrogen-bond donors (Lipinski definition) is 3. The van der Waals surface area contributed by atoms with Crippen LogP contribution in [0.1, 0.15) is 0 Å². The maximum Gasteiger partial charge on any atom is 0.316 e. The Morgan fingerprint density at radius 2 is 2.50 bits per heavy atom. The summed E-state index contributed by atoms with van der Waals surface area (Å²) in [6, 6.07) is 0. The van der Waals surface area contributed by atoms with E-state index in [1.807, 2.05) is 0 Å². The number of nitrogens with two attached hydrogens (primary N) is 1. The van der Waals surface area contributed by atoms with Gasteiger partial charge in [0, 0.05) is 0 Å². The minimum atomic E-state index is -0.384. The third kappa shape index (κ3) is 2.94. The molecule has 0 spiro atoms. The predicted octanol–water partition coefficient (Wildman–Crippen LogP) is -1.46. The number of rotatable bonds is 1. The van der Waals surface area contributed by atoms with Crippen molar-refractivity contribution in [3.8, 4) is 0 Å². The van der Waals surface area contributed by atoms with Crippen molar-refractivity contribution in [3.63, 3.8) is 0 Å². The zero-order chi connectivity index (χ0) is 4.99. The molecule has 0 unspecified atom stereocenters. The fourth-order valence-electron chi connectivity index (χ4n) is 0.0550. The standard InChI is InChI=1S/C2H4N3O/c3-2(4)5-1-6/h(H4,3,4,5,6). The molecule has 0 aromatic heterocycles. The SMILES string of the molecule is N=C(N)N[C]=O. The fraction of sp³-hybridized carbons (Fsp3) is 0. The molecule has 0 fully saturated rings. The molecule has 0 rings (SSSR count). The van der Waals surface area contributed by atoms with Crippen molar-refractivity contribution >= 4 is 12.4 Å². The van der Waals surface area contributed by atoms with Crippen molar-refractivity contribution in [1.82, 2.24) is 5.32 Å². The molecule has 0 saturated carbocycles. The van der Waals surface area contributed by atoms with Crippen LogP contribution in [0.2, 0.25) is 0 Å². The van der Waals surface area contributed by atoms with Gasteiger partial charge in [-0.25, -0.2) is 0 Å². The number of hydrogen-bond acceptors (Lipinski definition) is 2. The lowest BCUT2D eigenvalue weighted by Gasteiger charge is -1.83. The first-order valence-electron chi connectivity index (χ1n) is 1.24. The number of nitrogens with one attached hydrogen (secondary N) is 2. The van der Waals surface area contributed by atoms with E-state index in [-0.39, 0.29) is 5.96 Å². The van der Waals surface area contributed by atoms with Crippen molar-refractivity contribution in [2.75, 3.05) is 0 Å². The van der Waals surface area contributed by atoms with Crippen LogP contribution in [0, 0.1) is 5.41 Å². The highest BCUT2D eigenvalue weighted by atomic mass is 16.1. The van der Waals surface area contributed by atoms with Gasteiger partial charge in [-0.2, -0.15) is 0 Å². The molecule has 4 N–H and O–H groups in total. The smallest absolute Gasteiger partial charge is 0.316 e. The Hall–Kier alpha value is -1.06. The monoisotopic (exact) mass is 86.0 g/mol. The molecule has 0 aliphatic rings. The summed E-state index contributed by atoms with van der Waals surface area (Å²) in [4.78, 5) is 9.16. The zero-order valence-electron chi connectivity index (χ0n) is 2.99. The number of guanidine groups is 1. The molecule has 0 aliphatic carbocycles. The van der Waals surface area contributed by atoms with Crippen LogP contribution in [0.3, 0.4) is 0 Å². The van der Waals surface area contributed by atoms with Crippen molar-refractivity contribution in [3.05, 3.63) is 0 Å². The van der Waals surface area contributed by atoms with Gasteiger partial charge in [-0.15, -0.1) is 0 Å². The Balaban J connectivity index is 3.05. The van der Waals surface area contributed by atoms with Gasteiger partial charge in [0.1, 0.15) is 0 Å². The van der Waals surface area contributed by atoms with Gasteiger partial charge in [-0.1, -0.05) is 0 Å². The highest BCUT2D eigenvalue weighted by Crippen LogP contribution is 1.34. The summed E-state index contributed by atoms with van der Waals surface area (Å²) in [6.07, 6.45) is 1.22. The maximum atomic E-state index is 9.16. The van der Waals surface area contributed by atoms with Gasteiger partial charge in [-0.3, -0.25) is 15.5 Å². The highest BCUT2D eigenvalue weighted by molar-refractivity contribution is 5.84. The van der Waals surface area contributed by atoms with Crippen LogP contribution in [0.25, 0.3) is 0 Å². The Morgan fingerprint density at radius 1 is 2.00 bits per heavy atom. The topological polar surface area (TPSA) is 79.0 Å². The quantitative estimate of drug-likeness (QED) is 0.207. The molecule has 0 aromatic rings. The summed E-state index contributed by atoms with van der Waals surface area (Å²) < 4.78 is 0. The lowest BCUT2D eigenvalue weighted by molar-refractivity contribution is 0.552. The molecule has 0 bridgehead atoms. The third-order valence-electron chi connectivity index (χ3n) is 0.186. The minimum Gasteiger partial charge on any atom is -0.370 e. The molecule has 0 atom stereocenters. The molecule has 6 heavy (non-hydrogen) atoms. The van der Waals surface area contributed by atoms with Crippen LogP contribution < -0.4 is 11.1 Å². The van der Waals surface area contributed by atoms with E-state index in [0.29, 0.717) is 0 Å². The first-order valence-corrected chi connectivity index (χ1v) is 1.24. The molecule has 0 aromatic carbocycles. The first-order chi connectivity index (χ1) is 2.77. The molecule has 1 radical (unpaired) electrons. The van der Waals surface area contributed by atoms with E-state index in [2.05, 4.69) is 5.73 Å². The summed E-state index contributed by atoms with van der Waals surface area (Å²) in [5, 5.41) is 8.06. The third-order valence-corrected chi connectivity index (χ3v) is 0.186. The summed E-state index contributed by atoms with van der Waals surface area (Å²) in [5.41, 5.74) is 4.61. The average Bonchev–Trinajstić information content (AvgIpc) is 1.35.